The Morgan fingerprint density at radius 2 is 1.92 bits per heavy atom. The molecule has 0 spiro atoms. The van der Waals surface area contributed by atoms with E-state index in [9.17, 15) is 9.59 Å². The Bertz CT molecular complexity index is 556. The highest BCUT2D eigenvalue weighted by molar-refractivity contribution is 5.78. The van der Waals surface area contributed by atoms with E-state index in [1.54, 1.807) is 18.9 Å². The van der Waals surface area contributed by atoms with E-state index in [4.69, 9.17) is 9.47 Å². The van der Waals surface area contributed by atoms with Crippen LogP contribution in [0.3, 0.4) is 0 Å². The minimum Gasteiger partial charge on any atom is -0.496 e. The zero-order valence-electron chi connectivity index (χ0n) is 14.5. The van der Waals surface area contributed by atoms with E-state index in [0.29, 0.717) is 52.2 Å². The lowest BCUT2D eigenvalue weighted by molar-refractivity contribution is -0.136. The number of para-hydroxylation sites is 1. The van der Waals surface area contributed by atoms with Gasteiger partial charge in [0.05, 0.1) is 20.3 Å². The fraction of sp³-hybridized carbons (Fsp3) is 0.556. The highest BCUT2D eigenvalue weighted by atomic mass is 16.5. The smallest absolute Gasteiger partial charge is 0.224 e. The molecule has 0 unspecified atom stereocenters. The molecular formula is C18H26N2O4. The number of hydrogen-bond acceptors (Lipinski definition) is 4. The van der Waals surface area contributed by atoms with Gasteiger partial charge in [-0.05, 0) is 18.1 Å². The lowest BCUT2D eigenvalue weighted by Gasteiger charge is -2.28. The highest BCUT2D eigenvalue weighted by Gasteiger charge is 2.18. The Morgan fingerprint density at radius 3 is 2.58 bits per heavy atom. The third-order valence-electron chi connectivity index (χ3n) is 4.25. The maximum Gasteiger partial charge on any atom is 0.224 e. The molecule has 6 heteroatoms. The summed E-state index contributed by atoms with van der Waals surface area (Å²) in [6.45, 7) is 5.03. The van der Waals surface area contributed by atoms with Crippen molar-refractivity contribution in [3.05, 3.63) is 29.8 Å². The van der Waals surface area contributed by atoms with E-state index in [1.807, 2.05) is 29.2 Å². The maximum absolute atomic E-state index is 12.2. The molecule has 6 nitrogen and oxygen atoms in total. The van der Waals surface area contributed by atoms with Gasteiger partial charge in [0.2, 0.25) is 11.8 Å². The molecule has 1 heterocycles. The van der Waals surface area contributed by atoms with Crippen molar-refractivity contribution < 1.29 is 19.1 Å². The Kier molecular flexibility index (Phi) is 7.06. The lowest BCUT2D eigenvalue weighted by atomic mass is 10.1. The standard InChI is InChI=1S/C18H26N2O4/c1-15(21)19(9-7-16-5-3-4-6-17(16)23-2)10-8-18(22)20-11-13-24-14-12-20/h3-6H,7-14H2,1-2H3. The predicted molar refractivity (Wildman–Crippen MR) is 91.0 cm³/mol. The number of hydrogen-bond donors (Lipinski definition) is 0. The number of nitrogens with zero attached hydrogens (tertiary/aromatic N) is 2. The molecule has 0 N–H and O–H groups in total. The second-order valence-corrected chi connectivity index (χ2v) is 5.81. The molecule has 0 aliphatic carbocycles. The summed E-state index contributed by atoms with van der Waals surface area (Å²) in [4.78, 5) is 27.6. The van der Waals surface area contributed by atoms with Gasteiger partial charge in [-0.15, -0.1) is 0 Å². The average Bonchev–Trinajstić information content (AvgIpc) is 2.62. The van der Waals surface area contributed by atoms with Crippen molar-refractivity contribution in [2.75, 3.05) is 46.5 Å². The van der Waals surface area contributed by atoms with Crippen LogP contribution >= 0.6 is 0 Å². The second-order valence-electron chi connectivity index (χ2n) is 5.81. The van der Waals surface area contributed by atoms with Crippen molar-refractivity contribution in [3.63, 3.8) is 0 Å². The number of carbonyl (C=O) groups excluding carboxylic acids is 2. The van der Waals surface area contributed by atoms with Crippen LogP contribution in [0.1, 0.15) is 18.9 Å². The van der Waals surface area contributed by atoms with Crippen LogP contribution in [0.15, 0.2) is 24.3 Å². The maximum atomic E-state index is 12.2. The minimum atomic E-state index is -0.0142. The zero-order chi connectivity index (χ0) is 17.4. The van der Waals surface area contributed by atoms with Crippen molar-refractivity contribution in [2.24, 2.45) is 0 Å². The Labute approximate surface area is 143 Å². The predicted octanol–water partition coefficient (Wildman–Crippen LogP) is 1.34. The molecule has 1 aromatic carbocycles. The van der Waals surface area contributed by atoms with Crippen LogP contribution in [0.25, 0.3) is 0 Å². The third-order valence-corrected chi connectivity index (χ3v) is 4.25. The first-order valence-electron chi connectivity index (χ1n) is 8.34. The number of morpholine rings is 1. The van der Waals surface area contributed by atoms with Crippen LogP contribution in [-0.2, 0) is 20.7 Å². The summed E-state index contributed by atoms with van der Waals surface area (Å²) < 4.78 is 10.6. The molecule has 1 aliphatic rings. The fourth-order valence-electron chi connectivity index (χ4n) is 2.79. The number of carbonyl (C=O) groups is 2. The van der Waals surface area contributed by atoms with Crippen LogP contribution in [0.4, 0.5) is 0 Å². The van der Waals surface area contributed by atoms with Gasteiger partial charge in [0, 0.05) is 39.5 Å². The van der Waals surface area contributed by atoms with Gasteiger partial charge in [-0.1, -0.05) is 18.2 Å². The average molecular weight is 334 g/mol. The van der Waals surface area contributed by atoms with Gasteiger partial charge in [-0.25, -0.2) is 0 Å². The van der Waals surface area contributed by atoms with Gasteiger partial charge in [0.25, 0.3) is 0 Å². The number of benzene rings is 1. The molecule has 1 saturated heterocycles. The molecule has 0 atom stereocenters. The van der Waals surface area contributed by atoms with E-state index < -0.39 is 0 Å². The first-order valence-corrected chi connectivity index (χ1v) is 8.34. The molecule has 0 aromatic heterocycles. The third kappa shape index (κ3) is 5.23. The fourth-order valence-corrected chi connectivity index (χ4v) is 2.79. The largest absolute Gasteiger partial charge is 0.496 e. The van der Waals surface area contributed by atoms with Gasteiger partial charge in [0.1, 0.15) is 5.75 Å². The highest BCUT2D eigenvalue weighted by Crippen LogP contribution is 2.18. The Morgan fingerprint density at radius 1 is 1.21 bits per heavy atom. The molecule has 1 aromatic rings. The van der Waals surface area contributed by atoms with Crippen LogP contribution in [0.2, 0.25) is 0 Å². The second kappa shape index (κ2) is 9.27. The Hall–Kier alpha value is -2.08. The summed E-state index contributed by atoms with van der Waals surface area (Å²) in [5.74, 6) is 0.895. The first-order chi connectivity index (χ1) is 11.6. The molecule has 0 bridgehead atoms. The summed E-state index contributed by atoms with van der Waals surface area (Å²) in [5, 5.41) is 0. The van der Waals surface area contributed by atoms with E-state index in [0.717, 1.165) is 11.3 Å². The van der Waals surface area contributed by atoms with Gasteiger partial charge < -0.3 is 19.3 Å². The minimum absolute atomic E-state index is 0.0142. The summed E-state index contributed by atoms with van der Waals surface area (Å²) in [5.41, 5.74) is 1.06. The van der Waals surface area contributed by atoms with Crippen molar-refractivity contribution in [3.8, 4) is 5.75 Å². The molecule has 24 heavy (non-hydrogen) atoms. The van der Waals surface area contributed by atoms with E-state index in [1.165, 1.54) is 0 Å². The van der Waals surface area contributed by atoms with E-state index in [-0.39, 0.29) is 11.8 Å². The van der Waals surface area contributed by atoms with Gasteiger partial charge in [-0.3, -0.25) is 9.59 Å². The molecule has 2 amide bonds. The lowest BCUT2D eigenvalue weighted by Crippen LogP contribution is -2.42. The summed E-state index contributed by atoms with van der Waals surface area (Å²) >= 11 is 0. The summed E-state index contributed by atoms with van der Waals surface area (Å²) in [6.07, 6.45) is 1.06. The number of methoxy groups -OCH3 is 1. The van der Waals surface area contributed by atoms with Crippen molar-refractivity contribution >= 4 is 11.8 Å². The van der Waals surface area contributed by atoms with Crippen LogP contribution < -0.4 is 4.74 Å². The molecule has 1 aliphatic heterocycles. The van der Waals surface area contributed by atoms with Crippen LogP contribution in [0, 0.1) is 0 Å². The first kappa shape index (κ1) is 18.3. The van der Waals surface area contributed by atoms with Crippen molar-refractivity contribution in [1.29, 1.82) is 0 Å². The molecule has 1 fully saturated rings. The zero-order valence-corrected chi connectivity index (χ0v) is 14.5. The monoisotopic (exact) mass is 334 g/mol. The summed E-state index contributed by atoms with van der Waals surface area (Å²) in [6, 6.07) is 7.79. The SMILES string of the molecule is COc1ccccc1CCN(CCC(=O)N1CCOCC1)C(C)=O. The number of ether oxygens (including phenoxy) is 2. The van der Waals surface area contributed by atoms with Gasteiger partial charge in [0.15, 0.2) is 0 Å². The van der Waals surface area contributed by atoms with Gasteiger partial charge in [-0.2, -0.15) is 0 Å². The van der Waals surface area contributed by atoms with Crippen molar-refractivity contribution in [1.82, 2.24) is 9.80 Å². The molecule has 2 rings (SSSR count). The Balaban J connectivity index is 1.85. The summed E-state index contributed by atoms with van der Waals surface area (Å²) in [7, 11) is 1.64. The van der Waals surface area contributed by atoms with Crippen molar-refractivity contribution in [2.45, 2.75) is 19.8 Å². The van der Waals surface area contributed by atoms with E-state index >= 15 is 0 Å². The van der Waals surface area contributed by atoms with E-state index in [2.05, 4.69) is 0 Å². The number of amides is 2. The molecular weight excluding hydrogens is 308 g/mol. The normalized spacial score (nSPS) is 14.3. The quantitative estimate of drug-likeness (QED) is 0.755. The number of rotatable bonds is 7. The van der Waals surface area contributed by atoms with Gasteiger partial charge >= 0.3 is 0 Å². The molecule has 0 radical (unpaired) electrons. The van der Waals surface area contributed by atoms with Crippen LogP contribution in [-0.4, -0.2) is 68.1 Å². The molecule has 0 saturated carbocycles. The van der Waals surface area contributed by atoms with Crippen LogP contribution in [0.5, 0.6) is 5.75 Å². The molecule has 132 valence electrons. The topological polar surface area (TPSA) is 59.1 Å².